The summed E-state index contributed by atoms with van der Waals surface area (Å²) in [6.45, 7) is 6.49. The molecule has 2 rings (SSSR count). The van der Waals surface area contributed by atoms with Crippen LogP contribution in [0.2, 0.25) is 0 Å². The molecule has 0 radical (unpaired) electrons. The number of nitrogen functional groups attached to an aromatic ring is 1. The van der Waals surface area contributed by atoms with Crippen LogP contribution < -0.4 is 11.3 Å². The van der Waals surface area contributed by atoms with Crippen molar-refractivity contribution in [2.75, 3.05) is 5.43 Å². The van der Waals surface area contributed by atoms with E-state index in [4.69, 9.17) is 5.84 Å². The minimum absolute atomic E-state index is 0.0457. The minimum Gasteiger partial charge on any atom is -0.331 e. The summed E-state index contributed by atoms with van der Waals surface area (Å²) in [5.74, 6) is 6.47. The average Bonchev–Trinajstić information content (AvgIpc) is 2.55. The van der Waals surface area contributed by atoms with Gasteiger partial charge in [0, 0.05) is 12.5 Å². The van der Waals surface area contributed by atoms with Crippen molar-refractivity contribution in [2.45, 2.75) is 26.2 Å². The summed E-state index contributed by atoms with van der Waals surface area (Å²) in [5.41, 5.74) is 5.67. The van der Waals surface area contributed by atoms with Gasteiger partial charge in [-0.05, 0) is 18.2 Å². The molecule has 0 amide bonds. The van der Waals surface area contributed by atoms with E-state index in [0.717, 1.165) is 22.5 Å². The number of fused-ring (bicyclic) bond motifs is 1. The van der Waals surface area contributed by atoms with E-state index in [9.17, 15) is 0 Å². The monoisotopic (exact) mass is 218 g/mol. The smallest absolute Gasteiger partial charge is 0.115 e. The van der Waals surface area contributed by atoms with Crippen LogP contribution in [-0.4, -0.2) is 9.55 Å². The second kappa shape index (κ2) is 3.49. The van der Waals surface area contributed by atoms with Gasteiger partial charge < -0.3 is 9.99 Å². The van der Waals surface area contributed by atoms with Crippen molar-refractivity contribution in [3.63, 3.8) is 0 Å². The van der Waals surface area contributed by atoms with E-state index in [0.29, 0.717) is 0 Å². The molecule has 0 spiro atoms. The van der Waals surface area contributed by atoms with Gasteiger partial charge in [-0.2, -0.15) is 0 Å². The third-order valence-electron chi connectivity index (χ3n) is 2.72. The van der Waals surface area contributed by atoms with Crippen LogP contribution in [0.5, 0.6) is 0 Å². The van der Waals surface area contributed by atoms with E-state index in [1.807, 2.05) is 25.2 Å². The Hall–Kier alpha value is -1.55. The number of nitrogens with zero attached hydrogens (tertiary/aromatic N) is 2. The predicted molar refractivity (Wildman–Crippen MR) is 67.2 cm³/mol. The quantitative estimate of drug-likeness (QED) is 0.569. The van der Waals surface area contributed by atoms with Crippen molar-refractivity contribution >= 4 is 16.7 Å². The van der Waals surface area contributed by atoms with Crippen LogP contribution in [0.25, 0.3) is 11.0 Å². The van der Waals surface area contributed by atoms with E-state index in [-0.39, 0.29) is 5.41 Å². The first-order chi connectivity index (χ1) is 7.43. The summed E-state index contributed by atoms with van der Waals surface area (Å²) in [7, 11) is 2.05. The lowest BCUT2D eigenvalue weighted by Gasteiger charge is -2.17. The zero-order chi connectivity index (χ0) is 11.9. The molecule has 1 aromatic carbocycles. The number of hydrazine groups is 1. The molecule has 1 aromatic heterocycles. The number of rotatable bonds is 1. The van der Waals surface area contributed by atoms with E-state index in [1.54, 1.807) is 0 Å². The lowest BCUT2D eigenvalue weighted by Crippen LogP contribution is -2.17. The first kappa shape index (κ1) is 11.0. The summed E-state index contributed by atoms with van der Waals surface area (Å²) in [4.78, 5) is 4.66. The second-order valence-corrected chi connectivity index (χ2v) is 5.09. The Balaban J connectivity index is 2.68. The van der Waals surface area contributed by atoms with Gasteiger partial charge in [0.05, 0.1) is 16.7 Å². The molecule has 16 heavy (non-hydrogen) atoms. The van der Waals surface area contributed by atoms with Crippen LogP contribution in [0.15, 0.2) is 18.2 Å². The molecule has 0 atom stereocenters. The summed E-state index contributed by atoms with van der Waals surface area (Å²) < 4.78 is 2.13. The highest BCUT2D eigenvalue weighted by Crippen LogP contribution is 2.26. The van der Waals surface area contributed by atoms with Crippen LogP contribution in [0.1, 0.15) is 26.6 Å². The molecule has 1 heterocycles. The number of imidazole rings is 1. The summed E-state index contributed by atoms with van der Waals surface area (Å²) in [6, 6.07) is 5.95. The molecule has 3 N–H and O–H groups in total. The Bertz CT molecular complexity index is 520. The van der Waals surface area contributed by atoms with Gasteiger partial charge in [0.1, 0.15) is 5.82 Å². The molecule has 0 unspecified atom stereocenters. The van der Waals surface area contributed by atoms with Crippen molar-refractivity contribution in [1.82, 2.24) is 9.55 Å². The summed E-state index contributed by atoms with van der Waals surface area (Å²) in [5, 5.41) is 0. The maximum absolute atomic E-state index is 5.39. The van der Waals surface area contributed by atoms with Gasteiger partial charge in [-0.3, -0.25) is 5.84 Å². The van der Waals surface area contributed by atoms with Crippen molar-refractivity contribution in [3.05, 3.63) is 24.0 Å². The molecule has 0 aliphatic carbocycles. The van der Waals surface area contributed by atoms with Crippen LogP contribution in [0.3, 0.4) is 0 Å². The van der Waals surface area contributed by atoms with E-state index >= 15 is 0 Å². The molecule has 4 nitrogen and oxygen atoms in total. The van der Waals surface area contributed by atoms with Gasteiger partial charge in [-0.25, -0.2) is 4.98 Å². The number of nitrogens with one attached hydrogen (secondary N) is 1. The molecule has 0 fully saturated rings. The maximum atomic E-state index is 5.39. The lowest BCUT2D eigenvalue weighted by molar-refractivity contribution is 0.526. The summed E-state index contributed by atoms with van der Waals surface area (Å²) >= 11 is 0. The number of hydrogen-bond donors (Lipinski definition) is 2. The molecule has 0 aliphatic heterocycles. The number of anilines is 1. The maximum Gasteiger partial charge on any atom is 0.115 e. The standard InChI is InChI=1S/C12H18N4/c1-12(2,3)11-14-9-7-8(15-13)5-6-10(9)16(11)4/h5-7,15H,13H2,1-4H3. The number of benzene rings is 1. The molecule has 0 bridgehead atoms. The first-order valence-electron chi connectivity index (χ1n) is 5.37. The third kappa shape index (κ3) is 1.65. The van der Waals surface area contributed by atoms with Crippen molar-refractivity contribution in [3.8, 4) is 0 Å². The molecule has 86 valence electrons. The van der Waals surface area contributed by atoms with Gasteiger partial charge >= 0.3 is 0 Å². The summed E-state index contributed by atoms with van der Waals surface area (Å²) in [6.07, 6.45) is 0. The number of hydrogen-bond acceptors (Lipinski definition) is 3. The molecule has 2 aromatic rings. The average molecular weight is 218 g/mol. The molecule has 0 aliphatic rings. The van der Waals surface area contributed by atoms with Crippen LogP contribution in [0.4, 0.5) is 5.69 Å². The van der Waals surface area contributed by atoms with Gasteiger partial charge in [-0.15, -0.1) is 0 Å². The van der Waals surface area contributed by atoms with Gasteiger partial charge in [0.25, 0.3) is 0 Å². The Kier molecular flexibility index (Phi) is 2.39. The fourth-order valence-corrected chi connectivity index (χ4v) is 1.96. The van der Waals surface area contributed by atoms with E-state index in [1.165, 1.54) is 0 Å². The second-order valence-electron chi connectivity index (χ2n) is 5.09. The molecular formula is C12H18N4. The molecular weight excluding hydrogens is 200 g/mol. The first-order valence-corrected chi connectivity index (χ1v) is 5.37. The topological polar surface area (TPSA) is 55.9 Å². The Labute approximate surface area is 95.4 Å². The van der Waals surface area contributed by atoms with Crippen molar-refractivity contribution in [2.24, 2.45) is 12.9 Å². The minimum atomic E-state index is 0.0457. The highest BCUT2D eigenvalue weighted by atomic mass is 15.2. The van der Waals surface area contributed by atoms with Crippen LogP contribution in [-0.2, 0) is 12.5 Å². The number of nitrogens with two attached hydrogens (primary N) is 1. The highest BCUT2D eigenvalue weighted by molar-refractivity contribution is 5.80. The Morgan fingerprint density at radius 3 is 2.56 bits per heavy atom. The van der Waals surface area contributed by atoms with Gasteiger partial charge in [-0.1, -0.05) is 20.8 Å². The number of aryl methyl sites for hydroxylation is 1. The van der Waals surface area contributed by atoms with Crippen molar-refractivity contribution in [1.29, 1.82) is 0 Å². The fourth-order valence-electron chi connectivity index (χ4n) is 1.96. The van der Waals surface area contributed by atoms with Crippen molar-refractivity contribution < 1.29 is 0 Å². The Morgan fingerprint density at radius 2 is 2.00 bits per heavy atom. The largest absolute Gasteiger partial charge is 0.331 e. The SMILES string of the molecule is Cn1c(C(C)(C)C)nc2cc(NN)ccc21. The fraction of sp³-hybridized carbons (Fsp3) is 0.417. The van der Waals surface area contributed by atoms with Crippen LogP contribution >= 0.6 is 0 Å². The third-order valence-corrected chi connectivity index (χ3v) is 2.72. The van der Waals surface area contributed by atoms with Gasteiger partial charge in [0.2, 0.25) is 0 Å². The van der Waals surface area contributed by atoms with Crippen LogP contribution in [0, 0.1) is 0 Å². The molecule has 0 saturated carbocycles. The highest BCUT2D eigenvalue weighted by Gasteiger charge is 2.21. The zero-order valence-corrected chi connectivity index (χ0v) is 10.2. The van der Waals surface area contributed by atoms with E-state index < -0.39 is 0 Å². The number of aromatic nitrogens is 2. The zero-order valence-electron chi connectivity index (χ0n) is 10.2. The molecule has 4 heteroatoms. The normalized spacial score (nSPS) is 12.1. The van der Waals surface area contributed by atoms with Gasteiger partial charge in [0.15, 0.2) is 0 Å². The Morgan fingerprint density at radius 1 is 1.31 bits per heavy atom. The molecule has 0 saturated heterocycles. The van der Waals surface area contributed by atoms with E-state index in [2.05, 4.69) is 35.7 Å². The predicted octanol–water partition coefficient (Wildman–Crippen LogP) is 2.16. The lowest BCUT2D eigenvalue weighted by atomic mass is 9.96.